The molecule has 5 heteroatoms. The van der Waals surface area contributed by atoms with Crippen LogP contribution in [0, 0.1) is 0 Å². The van der Waals surface area contributed by atoms with Gasteiger partial charge in [0, 0.05) is 24.8 Å². The number of rotatable bonds is 9. The molecule has 0 saturated carbocycles. The molecule has 0 bridgehead atoms. The molecule has 0 aliphatic heterocycles. The fraction of sp³-hybridized carbons (Fsp3) is 0.600. The topological polar surface area (TPSA) is 39.7 Å². The number of nitrogens with one attached hydrogen (secondary N) is 1. The SMILES string of the molecule is CCOCCCC(NC)c1ccc(OC)c(Br)c1OC. The quantitative estimate of drug-likeness (QED) is 0.695. The lowest BCUT2D eigenvalue weighted by molar-refractivity contribution is 0.141. The molecular formula is C15H24BrNO3. The molecule has 1 N–H and O–H groups in total. The van der Waals surface area contributed by atoms with Crippen molar-refractivity contribution in [1.82, 2.24) is 5.32 Å². The summed E-state index contributed by atoms with van der Waals surface area (Å²) < 4.78 is 17.1. The average molecular weight is 346 g/mol. The molecule has 20 heavy (non-hydrogen) atoms. The first-order valence-corrected chi connectivity index (χ1v) is 7.64. The van der Waals surface area contributed by atoms with Gasteiger partial charge < -0.3 is 19.5 Å². The number of hydrogen-bond donors (Lipinski definition) is 1. The van der Waals surface area contributed by atoms with Crippen LogP contribution in [0.4, 0.5) is 0 Å². The molecular weight excluding hydrogens is 322 g/mol. The molecule has 0 aliphatic rings. The second kappa shape index (κ2) is 9.21. The summed E-state index contributed by atoms with van der Waals surface area (Å²) in [6, 6.07) is 4.23. The van der Waals surface area contributed by atoms with Crippen LogP contribution in [0.2, 0.25) is 0 Å². The van der Waals surface area contributed by atoms with E-state index in [-0.39, 0.29) is 6.04 Å². The third-order valence-electron chi connectivity index (χ3n) is 3.23. The Bertz CT molecular complexity index is 412. The van der Waals surface area contributed by atoms with Gasteiger partial charge in [0.2, 0.25) is 0 Å². The van der Waals surface area contributed by atoms with Crippen LogP contribution in [0.15, 0.2) is 16.6 Å². The first kappa shape index (κ1) is 17.3. The molecule has 0 amide bonds. The lowest BCUT2D eigenvalue weighted by Crippen LogP contribution is -2.18. The summed E-state index contributed by atoms with van der Waals surface area (Å²) in [5.74, 6) is 1.59. The van der Waals surface area contributed by atoms with Crippen LogP contribution in [0.3, 0.4) is 0 Å². The molecule has 1 aromatic rings. The van der Waals surface area contributed by atoms with Crippen molar-refractivity contribution in [1.29, 1.82) is 0 Å². The standard InChI is InChI=1S/C15H24BrNO3/c1-5-20-10-6-7-12(17-2)11-8-9-13(18-3)14(16)15(11)19-4/h8-9,12,17H,5-7,10H2,1-4H3. The van der Waals surface area contributed by atoms with Crippen LogP contribution in [-0.2, 0) is 4.74 Å². The molecule has 114 valence electrons. The molecule has 0 fully saturated rings. The van der Waals surface area contributed by atoms with E-state index in [9.17, 15) is 0 Å². The Kier molecular flexibility index (Phi) is 7.95. The summed E-state index contributed by atoms with van der Waals surface area (Å²) in [7, 11) is 5.29. The molecule has 0 aromatic heterocycles. The van der Waals surface area contributed by atoms with E-state index in [4.69, 9.17) is 14.2 Å². The maximum absolute atomic E-state index is 5.53. The molecule has 1 atom stereocenters. The van der Waals surface area contributed by atoms with E-state index in [1.807, 2.05) is 26.1 Å². The van der Waals surface area contributed by atoms with Crippen molar-refractivity contribution >= 4 is 15.9 Å². The first-order valence-electron chi connectivity index (χ1n) is 6.84. The smallest absolute Gasteiger partial charge is 0.141 e. The van der Waals surface area contributed by atoms with E-state index in [1.165, 1.54) is 0 Å². The van der Waals surface area contributed by atoms with E-state index >= 15 is 0 Å². The fourth-order valence-electron chi connectivity index (χ4n) is 2.18. The summed E-state index contributed by atoms with van der Waals surface area (Å²) >= 11 is 3.54. The van der Waals surface area contributed by atoms with Crippen molar-refractivity contribution < 1.29 is 14.2 Å². The van der Waals surface area contributed by atoms with Crippen molar-refractivity contribution in [3.8, 4) is 11.5 Å². The predicted octanol–water partition coefficient (Wildman–Crippen LogP) is 3.54. The van der Waals surface area contributed by atoms with Gasteiger partial charge >= 0.3 is 0 Å². The Morgan fingerprint density at radius 3 is 2.55 bits per heavy atom. The lowest BCUT2D eigenvalue weighted by atomic mass is 10.0. The average Bonchev–Trinajstić information content (AvgIpc) is 2.47. The van der Waals surface area contributed by atoms with Crippen molar-refractivity contribution in [2.24, 2.45) is 0 Å². The van der Waals surface area contributed by atoms with Crippen LogP contribution in [-0.4, -0.2) is 34.5 Å². The van der Waals surface area contributed by atoms with Crippen molar-refractivity contribution in [2.75, 3.05) is 34.5 Å². The Labute approximate surface area is 129 Å². The van der Waals surface area contributed by atoms with Crippen molar-refractivity contribution in [3.63, 3.8) is 0 Å². The van der Waals surface area contributed by atoms with Crippen LogP contribution in [0.1, 0.15) is 31.4 Å². The number of halogens is 1. The van der Waals surface area contributed by atoms with E-state index in [2.05, 4.69) is 21.2 Å². The first-order chi connectivity index (χ1) is 9.69. The van der Waals surface area contributed by atoms with Gasteiger partial charge in [0.1, 0.15) is 16.0 Å². The van der Waals surface area contributed by atoms with Crippen LogP contribution in [0.5, 0.6) is 11.5 Å². The second-order valence-electron chi connectivity index (χ2n) is 4.38. The van der Waals surface area contributed by atoms with Gasteiger partial charge in [-0.25, -0.2) is 0 Å². The maximum atomic E-state index is 5.53. The van der Waals surface area contributed by atoms with Gasteiger partial charge in [-0.3, -0.25) is 0 Å². The third kappa shape index (κ3) is 4.36. The lowest BCUT2D eigenvalue weighted by Gasteiger charge is -2.21. The van der Waals surface area contributed by atoms with Gasteiger partial charge in [-0.05, 0) is 54.9 Å². The van der Waals surface area contributed by atoms with E-state index < -0.39 is 0 Å². The monoisotopic (exact) mass is 345 g/mol. The highest BCUT2D eigenvalue weighted by atomic mass is 79.9. The molecule has 0 saturated heterocycles. The Hall–Kier alpha value is -0.780. The number of benzene rings is 1. The Morgan fingerprint density at radius 1 is 1.25 bits per heavy atom. The molecule has 1 rings (SSSR count). The van der Waals surface area contributed by atoms with Gasteiger partial charge in [0.25, 0.3) is 0 Å². The van der Waals surface area contributed by atoms with E-state index in [0.717, 1.165) is 47.6 Å². The zero-order chi connectivity index (χ0) is 15.0. The van der Waals surface area contributed by atoms with E-state index in [1.54, 1.807) is 14.2 Å². The minimum atomic E-state index is 0.229. The molecule has 0 spiro atoms. The molecule has 0 aliphatic carbocycles. The largest absolute Gasteiger partial charge is 0.495 e. The summed E-state index contributed by atoms with van der Waals surface area (Å²) in [6.07, 6.45) is 2.00. The molecule has 0 radical (unpaired) electrons. The van der Waals surface area contributed by atoms with Crippen LogP contribution < -0.4 is 14.8 Å². The second-order valence-corrected chi connectivity index (χ2v) is 5.18. The number of hydrogen-bond acceptors (Lipinski definition) is 4. The summed E-state index contributed by atoms with van der Waals surface area (Å²) in [4.78, 5) is 0. The molecule has 1 aromatic carbocycles. The molecule has 0 heterocycles. The summed E-state index contributed by atoms with van der Waals surface area (Å²) in [5, 5.41) is 3.34. The Morgan fingerprint density at radius 2 is 2.00 bits per heavy atom. The normalized spacial score (nSPS) is 12.2. The van der Waals surface area contributed by atoms with Crippen molar-refractivity contribution in [2.45, 2.75) is 25.8 Å². The zero-order valence-corrected chi connectivity index (χ0v) is 14.2. The Balaban J connectivity index is 2.88. The van der Waals surface area contributed by atoms with Gasteiger partial charge in [-0.2, -0.15) is 0 Å². The number of methoxy groups -OCH3 is 2. The van der Waals surface area contributed by atoms with Gasteiger partial charge in [0.05, 0.1) is 14.2 Å². The van der Waals surface area contributed by atoms with Gasteiger partial charge in [-0.1, -0.05) is 0 Å². The fourth-order valence-corrected chi connectivity index (χ4v) is 2.87. The highest BCUT2D eigenvalue weighted by molar-refractivity contribution is 9.10. The third-order valence-corrected chi connectivity index (χ3v) is 3.98. The molecule has 4 nitrogen and oxygen atoms in total. The van der Waals surface area contributed by atoms with Crippen LogP contribution >= 0.6 is 15.9 Å². The number of ether oxygens (including phenoxy) is 3. The van der Waals surface area contributed by atoms with Crippen LogP contribution in [0.25, 0.3) is 0 Å². The maximum Gasteiger partial charge on any atom is 0.141 e. The zero-order valence-electron chi connectivity index (χ0n) is 12.7. The summed E-state index contributed by atoms with van der Waals surface area (Å²) in [6.45, 7) is 3.56. The minimum Gasteiger partial charge on any atom is -0.495 e. The highest BCUT2D eigenvalue weighted by Gasteiger charge is 2.19. The minimum absolute atomic E-state index is 0.229. The summed E-state index contributed by atoms with van der Waals surface area (Å²) in [5.41, 5.74) is 1.12. The molecule has 1 unspecified atom stereocenters. The predicted molar refractivity (Wildman–Crippen MR) is 84.8 cm³/mol. The van der Waals surface area contributed by atoms with Crippen molar-refractivity contribution in [3.05, 3.63) is 22.2 Å². The van der Waals surface area contributed by atoms with Gasteiger partial charge in [0.15, 0.2) is 0 Å². The van der Waals surface area contributed by atoms with Gasteiger partial charge in [-0.15, -0.1) is 0 Å². The van der Waals surface area contributed by atoms with E-state index in [0.29, 0.717) is 0 Å². The highest BCUT2D eigenvalue weighted by Crippen LogP contribution is 2.40.